The average molecular weight is 302 g/mol. The molecule has 0 aliphatic rings. The molecule has 2 heterocycles. The SMILES string of the molecule is CC(C)n1nc(N)c2cc(I)cnc21. The number of pyridine rings is 1. The van der Waals surface area contributed by atoms with Crippen molar-refractivity contribution in [1.82, 2.24) is 14.8 Å². The first-order valence-electron chi connectivity index (χ1n) is 4.39. The molecular weight excluding hydrogens is 291 g/mol. The van der Waals surface area contributed by atoms with Crippen LogP contribution in [-0.4, -0.2) is 14.8 Å². The number of hydrogen-bond donors (Lipinski definition) is 1. The molecule has 0 saturated carbocycles. The lowest BCUT2D eigenvalue weighted by Crippen LogP contribution is -2.03. The van der Waals surface area contributed by atoms with E-state index in [1.165, 1.54) is 0 Å². The minimum Gasteiger partial charge on any atom is -0.382 e. The van der Waals surface area contributed by atoms with E-state index in [-0.39, 0.29) is 6.04 Å². The Morgan fingerprint density at radius 2 is 2.21 bits per heavy atom. The number of fused-ring (bicyclic) bond motifs is 1. The molecule has 5 heteroatoms. The van der Waals surface area contributed by atoms with Crippen LogP contribution < -0.4 is 5.73 Å². The van der Waals surface area contributed by atoms with Gasteiger partial charge in [0.1, 0.15) is 0 Å². The molecule has 74 valence electrons. The second kappa shape index (κ2) is 3.38. The third-order valence-electron chi connectivity index (χ3n) is 2.03. The summed E-state index contributed by atoms with van der Waals surface area (Å²) < 4.78 is 2.92. The third-order valence-corrected chi connectivity index (χ3v) is 2.62. The van der Waals surface area contributed by atoms with Crippen LogP contribution >= 0.6 is 22.6 Å². The molecule has 0 saturated heterocycles. The zero-order valence-corrected chi connectivity index (χ0v) is 10.2. The van der Waals surface area contributed by atoms with E-state index in [9.17, 15) is 0 Å². The molecule has 2 aromatic heterocycles. The molecule has 2 N–H and O–H groups in total. The number of rotatable bonds is 1. The molecule has 0 atom stereocenters. The van der Waals surface area contributed by atoms with Crippen molar-refractivity contribution in [3.8, 4) is 0 Å². The van der Waals surface area contributed by atoms with Crippen molar-refractivity contribution in [1.29, 1.82) is 0 Å². The predicted octanol–water partition coefficient (Wildman–Crippen LogP) is 2.20. The molecule has 0 bridgehead atoms. The number of aromatic nitrogens is 3. The highest BCUT2D eigenvalue weighted by Gasteiger charge is 2.11. The smallest absolute Gasteiger partial charge is 0.160 e. The van der Waals surface area contributed by atoms with Crippen LogP contribution in [-0.2, 0) is 0 Å². The summed E-state index contributed by atoms with van der Waals surface area (Å²) in [5.74, 6) is 0.555. The van der Waals surface area contributed by atoms with Crippen molar-refractivity contribution in [3.05, 3.63) is 15.8 Å². The maximum absolute atomic E-state index is 5.81. The van der Waals surface area contributed by atoms with Gasteiger partial charge in [0.2, 0.25) is 0 Å². The number of anilines is 1. The summed E-state index contributed by atoms with van der Waals surface area (Å²) in [6, 6.07) is 2.28. The van der Waals surface area contributed by atoms with Gasteiger partial charge in [0, 0.05) is 15.8 Å². The van der Waals surface area contributed by atoms with Crippen molar-refractivity contribution in [2.45, 2.75) is 19.9 Å². The van der Waals surface area contributed by atoms with Gasteiger partial charge in [-0.2, -0.15) is 5.10 Å². The fourth-order valence-electron chi connectivity index (χ4n) is 1.38. The number of nitrogens with two attached hydrogens (primary N) is 1. The largest absolute Gasteiger partial charge is 0.382 e. The van der Waals surface area contributed by atoms with Gasteiger partial charge in [0.05, 0.1) is 5.39 Å². The van der Waals surface area contributed by atoms with E-state index in [4.69, 9.17) is 5.73 Å². The van der Waals surface area contributed by atoms with Crippen LogP contribution in [0.5, 0.6) is 0 Å². The summed E-state index contributed by atoms with van der Waals surface area (Å²) in [4.78, 5) is 4.34. The van der Waals surface area contributed by atoms with Crippen molar-refractivity contribution >= 4 is 39.4 Å². The first-order chi connectivity index (χ1) is 6.59. The molecule has 0 unspecified atom stereocenters. The van der Waals surface area contributed by atoms with Gasteiger partial charge in [-0.3, -0.25) is 0 Å². The minimum atomic E-state index is 0.280. The van der Waals surface area contributed by atoms with Gasteiger partial charge in [0.15, 0.2) is 11.5 Å². The molecular formula is C9H11IN4. The number of nitrogen functional groups attached to an aromatic ring is 1. The van der Waals surface area contributed by atoms with Gasteiger partial charge in [0.25, 0.3) is 0 Å². The predicted molar refractivity (Wildman–Crippen MR) is 65.0 cm³/mol. The maximum atomic E-state index is 5.81. The van der Waals surface area contributed by atoms with Crippen LogP contribution in [0.25, 0.3) is 11.0 Å². The number of hydrogen-bond acceptors (Lipinski definition) is 3. The Labute approximate surface area is 95.6 Å². The molecule has 2 aromatic rings. The molecule has 0 amide bonds. The minimum absolute atomic E-state index is 0.280. The quantitative estimate of drug-likeness (QED) is 0.822. The third kappa shape index (κ3) is 1.45. The normalized spacial score (nSPS) is 11.4. The summed E-state index contributed by atoms with van der Waals surface area (Å²) in [6.45, 7) is 4.12. The monoisotopic (exact) mass is 302 g/mol. The Hall–Kier alpha value is -0.850. The van der Waals surface area contributed by atoms with Gasteiger partial charge in [-0.25, -0.2) is 9.67 Å². The molecule has 0 spiro atoms. The molecule has 0 aromatic carbocycles. The van der Waals surface area contributed by atoms with Crippen LogP contribution in [0.15, 0.2) is 12.3 Å². The number of halogens is 1. The van der Waals surface area contributed by atoms with E-state index in [1.54, 1.807) is 0 Å². The van der Waals surface area contributed by atoms with Crippen molar-refractivity contribution < 1.29 is 0 Å². The van der Waals surface area contributed by atoms with E-state index < -0.39 is 0 Å². The summed E-state index contributed by atoms with van der Waals surface area (Å²) in [5.41, 5.74) is 6.67. The fraction of sp³-hybridized carbons (Fsp3) is 0.333. The number of nitrogens with zero attached hydrogens (tertiary/aromatic N) is 3. The molecule has 0 fully saturated rings. The second-order valence-electron chi connectivity index (χ2n) is 3.45. The van der Waals surface area contributed by atoms with Gasteiger partial charge in [-0.05, 0) is 42.5 Å². The van der Waals surface area contributed by atoms with Crippen LogP contribution in [0.2, 0.25) is 0 Å². The van der Waals surface area contributed by atoms with Crippen LogP contribution in [0.3, 0.4) is 0 Å². The molecule has 0 aliphatic heterocycles. The summed E-state index contributed by atoms with van der Waals surface area (Å²) in [6.07, 6.45) is 1.82. The topological polar surface area (TPSA) is 56.7 Å². The van der Waals surface area contributed by atoms with E-state index in [0.717, 1.165) is 14.6 Å². The van der Waals surface area contributed by atoms with E-state index in [2.05, 4.69) is 46.5 Å². The first kappa shape index (κ1) is 9.70. The highest BCUT2D eigenvalue weighted by molar-refractivity contribution is 14.1. The van der Waals surface area contributed by atoms with Gasteiger partial charge in [-0.15, -0.1) is 0 Å². The Bertz CT molecular complexity index is 475. The van der Waals surface area contributed by atoms with Crippen molar-refractivity contribution in [2.75, 3.05) is 5.73 Å². The second-order valence-corrected chi connectivity index (χ2v) is 4.69. The molecule has 0 aliphatic carbocycles. The summed E-state index contributed by atoms with van der Waals surface area (Å²) in [7, 11) is 0. The lowest BCUT2D eigenvalue weighted by Gasteiger charge is -2.04. The summed E-state index contributed by atoms with van der Waals surface area (Å²) >= 11 is 2.22. The molecule has 14 heavy (non-hydrogen) atoms. The molecule has 0 radical (unpaired) electrons. The standard InChI is InChI=1S/C9H11IN4/c1-5(2)14-9-7(8(11)13-14)3-6(10)4-12-9/h3-5H,1-2H3,(H2,11,13). The highest BCUT2D eigenvalue weighted by atomic mass is 127. The Balaban J connectivity index is 2.77. The van der Waals surface area contributed by atoms with Crippen LogP contribution in [0.1, 0.15) is 19.9 Å². The van der Waals surface area contributed by atoms with Crippen molar-refractivity contribution in [2.24, 2.45) is 0 Å². The van der Waals surface area contributed by atoms with Crippen LogP contribution in [0, 0.1) is 3.57 Å². The van der Waals surface area contributed by atoms with Crippen molar-refractivity contribution in [3.63, 3.8) is 0 Å². The van der Waals surface area contributed by atoms with Gasteiger partial charge >= 0.3 is 0 Å². The van der Waals surface area contributed by atoms with E-state index in [0.29, 0.717) is 5.82 Å². The zero-order valence-electron chi connectivity index (χ0n) is 8.03. The fourth-order valence-corrected chi connectivity index (χ4v) is 1.83. The maximum Gasteiger partial charge on any atom is 0.160 e. The van der Waals surface area contributed by atoms with E-state index >= 15 is 0 Å². The Morgan fingerprint density at radius 3 is 2.86 bits per heavy atom. The van der Waals surface area contributed by atoms with Gasteiger partial charge < -0.3 is 5.73 Å². The lowest BCUT2D eigenvalue weighted by molar-refractivity contribution is 0.548. The first-order valence-corrected chi connectivity index (χ1v) is 5.46. The highest BCUT2D eigenvalue weighted by Crippen LogP contribution is 2.22. The van der Waals surface area contributed by atoms with Crippen LogP contribution in [0.4, 0.5) is 5.82 Å². The summed E-state index contributed by atoms with van der Waals surface area (Å²) in [5, 5.41) is 5.19. The lowest BCUT2D eigenvalue weighted by atomic mass is 10.3. The van der Waals surface area contributed by atoms with Gasteiger partial charge in [-0.1, -0.05) is 0 Å². The molecule has 2 rings (SSSR count). The average Bonchev–Trinajstić information content (AvgIpc) is 2.44. The zero-order chi connectivity index (χ0) is 10.3. The molecule has 4 nitrogen and oxygen atoms in total. The Morgan fingerprint density at radius 1 is 1.50 bits per heavy atom. The van der Waals surface area contributed by atoms with E-state index in [1.807, 2.05) is 16.9 Å². The Kier molecular flexibility index (Phi) is 2.34.